The lowest BCUT2D eigenvalue weighted by Crippen LogP contribution is -2.47. The number of hydrogen-bond acceptors (Lipinski definition) is 4. The highest BCUT2D eigenvalue weighted by Gasteiger charge is 2.15. The molecule has 0 saturated heterocycles. The Morgan fingerprint density at radius 1 is 1.14 bits per heavy atom. The van der Waals surface area contributed by atoms with Gasteiger partial charge in [0, 0.05) is 12.8 Å². The smallest absolute Gasteiger partial charge is 0.303 e. The van der Waals surface area contributed by atoms with Gasteiger partial charge in [-0.1, -0.05) is 17.7 Å². The molecule has 0 aromatic heterocycles. The lowest BCUT2D eigenvalue weighted by atomic mass is 10.2. The number of carboxylic acid groups (broad SMARTS) is 1. The highest BCUT2D eigenvalue weighted by Crippen LogP contribution is 2.13. The third-order valence-electron chi connectivity index (χ3n) is 2.82. The van der Waals surface area contributed by atoms with Gasteiger partial charge in [-0.3, -0.25) is 25.2 Å². The van der Waals surface area contributed by atoms with Crippen LogP contribution in [0.15, 0.2) is 24.3 Å². The molecule has 3 N–H and O–H groups in total. The highest BCUT2D eigenvalue weighted by atomic mass is 16.5. The van der Waals surface area contributed by atoms with Crippen LogP contribution in [0.5, 0.6) is 5.75 Å². The minimum absolute atomic E-state index is 0.0276. The van der Waals surface area contributed by atoms with Crippen LogP contribution in [-0.2, 0) is 14.4 Å². The highest BCUT2D eigenvalue weighted by molar-refractivity contribution is 5.84. The number of amides is 2. The van der Waals surface area contributed by atoms with Crippen LogP contribution in [0.3, 0.4) is 0 Å². The van der Waals surface area contributed by atoms with Crippen LogP contribution in [0, 0.1) is 6.92 Å². The molecule has 0 aliphatic carbocycles. The minimum atomic E-state index is -0.961. The molecule has 1 aromatic rings. The Hall–Kier alpha value is -2.57. The van der Waals surface area contributed by atoms with Crippen molar-refractivity contribution in [3.05, 3.63) is 29.8 Å². The summed E-state index contributed by atoms with van der Waals surface area (Å²) in [6, 6.07) is 7.24. The van der Waals surface area contributed by atoms with Crippen LogP contribution >= 0.6 is 0 Å². The zero-order valence-electron chi connectivity index (χ0n) is 12.6. The van der Waals surface area contributed by atoms with Gasteiger partial charge in [0.2, 0.25) is 5.91 Å². The summed E-state index contributed by atoms with van der Waals surface area (Å²) in [6.07, 6.45) is -0.623. The predicted octanol–water partition coefficient (Wildman–Crippen LogP) is 1.16. The van der Waals surface area contributed by atoms with Crippen LogP contribution in [0.25, 0.3) is 0 Å². The summed E-state index contributed by atoms with van der Waals surface area (Å²) >= 11 is 0. The number of carboxylic acids is 1. The zero-order chi connectivity index (χ0) is 16.5. The molecule has 0 aliphatic rings. The van der Waals surface area contributed by atoms with Crippen molar-refractivity contribution in [1.82, 2.24) is 10.9 Å². The number of rotatable bonds is 7. The van der Waals surface area contributed by atoms with Crippen LogP contribution < -0.4 is 15.6 Å². The number of aliphatic carboxylic acids is 1. The van der Waals surface area contributed by atoms with E-state index < -0.39 is 23.9 Å². The third kappa shape index (κ3) is 6.74. The molecular weight excluding hydrogens is 288 g/mol. The van der Waals surface area contributed by atoms with Gasteiger partial charge < -0.3 is 9.84 Å². The lowest BCUT2D eigenvalue weighted by molar-refractivity contribution is -0.137. The Labute approximate surface area is 128 Å². The van der Waals surface area contributed by atoms with Gasteiger partial charge >= 0.3 is 5.97 Å². The lowest BCUT2D eigenvalue weighted by Gasteiger charge is -2.15. The Morgan fingerprint density at radius 2 is 1.77 bits per heavy atom. The molecule has 0 radical (unpaired) electrons. The number of ether oxygens (including phenoxy) is 1. The van der Waals surface area contributed by atoms with Crippen molar-refractivity contribution in [2.75, 3.05) is 0 Å². The van der Waals surface area contributed by atoms with E-state index in [1.54, 1.807) is 19.1 Å². The van der Waals surface area contributed by atoms with E-state index in [0.717, 1.165) is 5.56 Å². The van der Waals surface area contributed by atoms with E-state index in [1.165, 1.54) is 0 Å². The largest absolute Gasteiger partial charge is 0.481 e. The zero-order valence-corrected chi connectivity index (χ0v) is 12.6. The summed E-state index contributed by atoms with van der Waals surface area (Å²) in [5.74, 6) is -1.35. The first-order valence-electron chi connectivity index (χ1n) is 6.92. The molecule has 0 spiro atoms. The van der Waals surface area contributed by atoms with E-state index in [2.05, 4.69) is 10.9 Å². The van der Waals surface area contributed by atoms with Crippen molar-refractivity contribution in [3.8, 4) is 5.75 Å². The number of benzene rings is 1. The molecule has 1 aromatic carbocycles. The maximum absolute atomic E-state index is 11.8. The number of hydrogen-bond donors (Lipinski definition) is 3. The normalized spacial score (nSPS) is 11.4. The van der Waals surface area contributed by atoms with Crippen molar-refractivity contribution in [2.45, 2.75) is 39.2 Å². The second kappa shape index (κ2) is 8.66. The first-order chi connectivity index (χ1) is 10.4. The molecule has 1 atom stereocenters. The predicted molar refractivity (Wildman–Crippen MR) is 79.0 cm³/mol. The maximum Gasteiger partial charge on any atom is 0.303 e. The molecule has 22 heavy (non-hydrogen) atoms. The van der Waals surface area contributed by atoms with E-state index in [0.29, 0.717) is 5.75 Å². The quantitative estimate of drug-likeness (QED) is 0.656. The number of nitrogens with one attached hydrogen (secondary N) is 2. The molecule has 0 aliphatic heterocycles. The van der Waals surface area contributed by atoms with E-state index in [4.69, 9.17) is 9.84 Å². The van der Waals surface area contributed by atoms with E-state index in [1.807, 2.05) is 19.1 Å². The summed E-state index contributed by atoms with van der Waals surface area (Å²) < 4.78 is 5.43. The monoisotopic (exact) mass is 308 g/mol. The van der Waals surface area contributed by atoms with Crippen LogP contribution in [0.1, 0.15) is 31.7 Å². The van der Waals surface area contributed by atoms with Crippen LogP contribution in [-0.4, -0.2) is 29.0 Å². The van der Waals surface area contributed by atoms with Gasteiger partial charge in [0.25, 0.3) is 5.91 Å². The van der Waals surface area contributed by atoms with Crippen LogP contribution in [0.2, 0.25) is 0 Å². The van der Waals surface area contributed by atoms with Crippen molar-refractivity contribution in [2.24, 2.45) is 0 Å². The van der Waals surface area contributed by atoms with Gasteiger partial charge in [0.05, 0.1) is 0 Å². The van der Waals surface area contributed by atoms with Crippen molar-refractivity contribution < 1.29 is 24.2 Å². The summed E-state index contributed by atoms with van der Waals surface area (Å²) in [4.78, 5) is 33.5. The fraction of sp³-hybridized carbons (Fsp3) is 0.400. The number of aryl methyl sites for hydroxylation is 1. The van der Waals surface area contributed by atoms with Gasteiger partial charge in [-0.25, -0.2) is 0 Å². The van der Waals surface area contributed by atoms with Gasteiger partial charge in [-0.15, -0.1) is 0 Å². The SMILES string of the molecule is Cc1ccc(OC(C)C(=O)NNC(=O)CCCC(=O)O)cc1. The first kappa shape index (κ1) is 17.5. The molecule has 2 amide bonds. The van der Waals surface area contributed by atoms with E-state index >= 15 is 0 Å². The maximum atomic E-state index is 11.8. The molecule has 0 heterocycles. The van der Waals surface area contributed by atoms with Gasteiger partial charge in [0.1, 0.15) is 5.75 Å². The second-order valence-electron chi connectivity index (χ2n) is 4.86. The molecule has 0 bridgehead atoms. The van der Waals surface area contributed by atoms with Crippen LogP contribution in [0.4, 0.5) is 0 Å². The van der Waals surface area contributed by atoms with Gasteiger partial charge in [0.15, 0.2) is 6.10 Å². The Kier molecular flexibility index (Phi) is 6.88. The second-order valence-corrected chi connectivity index (χ2v) is 4.86. The topological polar surface area (TPSA) is 105 Å². The summed E-state index contributed by atoms with van der Waals surface area (Å²) in [5, 5.41) is 8.46. The fourth-order valence-electron chi connectivity index (χ4n) is 1.57. The molecule has 7 heteroatoms. The van der Waals surface area contributed by atoms with Gasteiger partial charge in [-0.2, -0.15) is 0 Å². The van der Waals surface area contributed by atoms with Crippen molar-refractivity contribution >= 4 is 17.8 Å². The molecule has 0 saturated carbocycles. The third-order valence-corrected chi connectivity index (χ3v) is 2.82. The molecule has 120 valence electrons. The Balaban J connectivity index is 2.30. The number of hydrazine groups is 1. The number of carbonyl (C=O) groups is 3. The minimum Gasteiger partial charge on any atom is -0.481 e. The van der Waals surface area contributed by atoms with E-state index in [9.17, 15) is 14.4 Å². The molecular formula is C15H20N2O5. The molecule has 7 nitrogen and oxygen atoms in total. The molecule has 1 rings (SSSR count). The first-order valence-corrected chi connectivity index (χ1v) is 6.92. The van der Waals surface area contributed by atoms with Crippen molar-refractivity contribution in [3.63, 3.8) is 0 Å². The molecule has 0 fully saturated rings. The van der Waals surface area contributed by atoms with E-state index in [-0.39, 0.29) is 19.3 Å². The Bertz CT molecular complexity index is 527. The summed E-state index contributed by atoms with van der Waals surface area (Å²) in [6.45, 7) is 3.51. The fourth-order valence-corrected chi connectivity index (χ4v) is 1.57. The average molecular weight is 308 g/mol. The molecule has 1 unspecified atom stereocenters. The summed E-state index contributed by atoms with van der Waals surface area (Å²) in [5.41, 5.74) is 5.54. The Morgan fingerprint density at radius 3 is 2.36 bits per heavy atom. The van der Waals surface area contributed by atoms with Gasteiger partial charge in [-0.05, 0) is 32.4 Å². The number of carbonyl (C=O) groups excluding carboxylic acids is 2. The van der Waals surface area contributed by atoms with Crippen molar-refractivity contribution in [1.29, 1.82) is 0 Å². The average Bonchev–Trinajstić information content (AvgIpc) is 2.46. The summed E-state index contributed by atoms with van der Waals surface area (Å²) in [7, 11) is 0. The standard InChI is InChI=1S/C15H20N2O5/c1-10-6-8-12(9-7-10)22-11(2)15(21)17-16-13(18)4-3-5-14(19)20/h6-9,11H,3-5H2,1-2H3,(H,16,18)(H,17,21)(H,19,20).